The molecule has 1 aromatic carbocycles. The van der Waals surface area contributed by atoms with Crippen LogP contribution in [0.5, 0.6) is 0 Å². The molecule has 0 bridgehead atoms. The molecule has 1 fully saturated rings. The molecule has 100 valence electrons. The molecule has 1 atom stereocenters. The van der Waals surface area contributed by atoms with Crippen molar-refractivity contribution in [2.45, 2.75) is 38.3 Å². The molecule has 0 radical (unpaired) electrons. The second kappa shape index (κ2) is 6.55. The molecule has 1 N–H and O–H groups in total. The molecule has 0 heterocycles. The van der Waals surface area contributed by atoms with Crippen molar-refractivity contribution in [1.29, 1.82) is 0 Å². The van der Waals surface area contributed by atoms with Crippen molar-refractivity contribution in [3.63, 3.8) is 0 Å². The van der Waals surface area contributed by atoms with Gasteiger partial charge in [0.15, 0.2) is 0 Å². The van der Waals surface area contributed by atoms with Gasteiger partial charge in [0.05, 0.1) is 0 Å². The van der Waals surface area contributed by atoms with Gasteiger partial charge in [-0.3, -0.25) is 4.90 Å². The molecule has 2 rings (SSSR count). The van der Waals surface area contributed by atoms with Gasteiger partial charge in [-0.15, -0.1) is 0 Å². The minimum Gasteiger partial charge on any atom is -0.314 e. The highest BCUT2D eigenvalue weighted by Crippen LogP contribution is 2.26. The van der Waals surface area contributed by atoms with Crippen LogP contribution in [0.3, 0.4) is 0 Å². The first kappa shape index (κ1) is 13.9. The lowest BCUT2D eigenvalue weighted by atomic mass is 10.1. The largest absolute Gasteiger partial charge is 0.314 e. The normalized spacial score (nSPS) is 17.1. The van der Waals surface area contributed by atoms with E-state index in [0.29, 0.717) is 6.04 Å². The molecule has 0 aromatic heterocycles. The second-order valence-corrected chi connectivity index (χ2v) is 5.67. The average Bonchev–Trinajstić information content (AvgIpc) is 3.18. The van der Waals surface area contributed by atoms with Crippen LogP contribution in [0, 0.1) is 0 Å². The van der Waals surface area contributed by atoms with Crippen molar-refractivity contribution in [3.8, 4) is 0 Å². The first-order chi connectivity index (χ1) is 8.68. The highest BCUT2D eigenvalue weighted by atomic mass is 35.5. The van der Waals surface area contributed by atoms with Crippen LogP contribution in [0.1, 0.15) is 37.8 Å². The number of rotatable bonds is 7. The Balaban J connectivity index is 1.76. The Kier molecular flexibility index (Phi) is 5.04. The van der Waals surface area contributed by atoms with Gasteiger partial charge in [-0.25, -0.2) is 0 Å². The number of halogens is 1. The lowest BCUT2D eigenvalue weighted by Crippen LogP contribution is -2.27. The van der Waals surface area contributed by atoms with Crippen molar-refractivity contribution < 1.29 is 0 Å². The van der Waals surface area contributed by atoms with Crippen LogP contribution in [0.2, 0.25) is 5.02 Å². The molecule has 2 nitrogen and oxygen atoms in total. The Bertz CT molecular complexity index is 377. The Morgan fingerprint density at radius 1 is 1.39 bits per heavy atom. The van der Waals surface area contributed by atoms with Gasteiger partial charge in [0.25, 0.3) is 0 Å². The van der Waals surface area contributed by atoms with E-state index >= 15 is 0 Å². The summed E-state index contributed by atoms with van der Waals surface area (Å²) in [6, 6.07) is 9.32. The highest BCUT2D eigenvalue weighted by Gasteiger charge is 2.20. The van der Waals surface area contributed by atoms with Gasteiger partial charge in [0.2, 0.25) is 0 Å². The van der Waals surface area contributed by atoms with Crippen molar-refractivity contribution in [2.75, 3.05) is 20.1 Å². The molecule has 1 aliphatic rings. The van der Waals surface area contributed by atoms with Gasteiger partial charge in [-0.2, -0.15) is 0 Å². The summed E-state index contributed by atoms with van der Waals surface area (Å²) in [5.41, 5.74) is 1.22. The van der Waals surface area contributed by atoms with E-state index in [1.54, 1.807) is 0 Å². The molecule has 1 saturated carbocycles. The fraction of sp³-hybridized carbons (Fsp3) is 0.600. The van der Waals surface area contributed by atoms with Gasteiger partial charge in [-0.05, 0) is 58.0 Å². The molecule has 18 heavy (non-hydrogen) atoms. The molecule has 0 amide bonds. The number of nitrogens with zero attached hydrogens (tertiary/aromatic N) is 1. The van der Waals surface area contributed by atoms with Gasteiger partial charge in [-0.1, -0.05) is 29.8 Å². The number of hydrogen-bond donors (Lipinski definition) is 1. The first-order valence-corrected chi connectivity index (χ1v) is 7.24. The first-order valence-electron chi connectivity index (χ1n) is 6.86. The zero-order valence-electron chi connectivity index (χ0n) is 11.3. The Morgan fingerprint density at radius 2 is 2.11 bits per heavy atom. The van der Waals surface area contributed by atoms with E-state index in [1.807, 2.05) is 12.1 Å². The predicted octanol–water partition coefficient (Wildman–Crippen LogP) is 3.47. The maximum Gasteiger partial charge on any atom is 0.0453 e. The molecule has 0 aliphatic heterocycles. The SMILES string of the molecule is CC(c1ccccc1Cl)N(C)CCCNC1CC1. The van der Waals surface area contributed by atoms with Crippen LogP contribution in [-0.4, -0.2) is 31.1 Å². The third kappa shape index (κ3) is 3.98. The Morgan fingerprint density at radius 3 is 2.78 bits per heavy atom. The summed E-state index contributed by atoms with van der Waals surface area (Å²) >= 11 is 6.24. The summed E-state index contributed by atoms with van der Waals surface area (Å²) < 4.78 is 0. The molecule has 3 heteroatoms. The maximum absolute atomic E-state index is 6.24. The van der Waals surface area contributed by atoms with Gasteiger partial charge >= 0.3 is 0 Å². The number of nitrogens with one attached hydrogen (secondary N) is 1. The third-order valence-electron chi connectivity index (χ3n) is 3.71. The van der Waals surface area contributed by atoms with Crippen LogP contribution >= 0.6 is 11.6 Å². The summed E-state index contributed by atoms with van der Waals surface area (Å²) in [5, 5.41) is 4.42. The van der Waals surface area contributed by atoms with Crippen LogP contribution < -0.4 is 5.32 Å². The molecule has 1 aromatic rings. The quantitative estimate of drug-likeness (QED) is 0.761. The standard InChI is InChI=1S/C15H23ClN2/c1-12(14-6-3-4-7-15(14)16)18(2)11-5-10-17-13-8-9-13/h3-4,6-7,12-13,17H,5,8-11H2,1-2H3. The maximum atomic E-state index is 6.24. The zero-order chi connectivity index (χ0) is 13.0. The summed E-state index contributed by atoms with van der Waals surface area (Å²) in [6.45, 7) is 4.45. The topological polar surface area (TPSA) is 15.3 Å². The van der Waals surface area contributed by atoms with Crippen molar-refractivity contribution in [2.24, 2.45) is 0 Å². The molecule has 0 spiro atoms. The van der Waals surface area contributed by atoms with E-state index in [9.17, 15) is 0 Å². The fourth-order valence-corrected chi connectivity index (χ4v) is 2.46. The summed E-state index contributed by atoms with van der Waals surface area (Å²) in [5.74, 6) is 0. The minimum absolute atomic E-state index is 0.375. The van der Waals surface area contributed by atoms with E-state index in [1.165, 1.54) is 24.8 Å². The van der Waals surface area contributed by atoms with E-state index < -0.39 is 0 Å². The van der Waals surface area contributed by atoms with Gasteiger partial charge < -0.3 is 5.32 Å². The minimum atomic E-state index is 0.375. The smallest absolute Gasteiger partial charge is 0.0453 e. The van der Waals surface area contributed by atoms with Crippen LogP contribution in [-0.2, 0) is 0 Å². The van der Waals surface area contributed by atoms with E-state index in [-0.39, 0.29) is 0 Å². The molecule has 0 saturated heterocycles. The van der Waals surface area contributed by atoms with Crippen LogP contribution in [0.25, 0.3) is 0 Å². The molecule has 1 aliphatic carbocycles. The lowest BCUT2D eigenvalue weighted by Gasteiger charge is -2.25. The summed E-state index contributed by atoms with van der Waals surface area (Å²) in [6.07, 6.45) is 3.93. The van der Waals surface area contributed by atoms with E-state index in [4.69, 9.17) is 11.6 Å². The molecule has 1 unspecified atom stereocenters. The second-order valence-electron chi connectivity index (χ2n) is 5.26. The van der Waals surface area contributed by atoms with Gasteiger partial charge in [0.1, 0.15) is 0 Å². The van der Waals surface area contributed by atoms with Crippen molar-refractivity contribution in [3.05, 3.63) is 34.9 Å². The van der Waals surface area contributed by atoms with Crippen molar-refractivity contribution in [1.82, 2.24) is 10.2 Å². The van der Waals surface area contributed by atoms with E-state index in [0.717, 1.165) is 24.2 Å². The molecular formula is C15H23ClN2. The average molecular weight is 267 g/mol. The van der Waals surface area contributed by atoms with Gasteiger partial charge in [0, 0.05) is 17.1 Å². The van der Waals surface area contributed by atoms with E-state index in [2.05, 4.69) is 36.3 Å². The lowest BCUT2D eigenvalue weighted by molar-refractivity contribution is 0.257. The predicted molar refractivity (Wildman–Crippen MR) is 78.1 cm³/mol. The van der Waals surface area contributed by atoms with Crippen LogP contribution in [0.15, 0.2) is 24.3 Å². The highest BCUT2D eigenvalue weighted by molar-refractivity contribution is 6.31. The van der Waals surface area contributed by atoms with Crippen LogP contribution in [0.4, 0.5) is 0 Å². The Labute approximate surface area is 115 Å². The molecular weight excluding hydrogens is 244 g/mol. The number of hydrogen-bond acceptors (Lipinski definition) is 2. The Hall–Kier alpha value is -0.570. The number of benzene rings is 1. The summed E-state index contributed by atoms with van der Waals surface area (Å²) in [4.78, 5) is 2.37. The fourth-order valence-electron chi connectivity index (χ4n) is 2.17. The summed E-state index contributed by atoms with van der Waals surface area (Å²) in [7, 11) is 2.17. The monoisotopic (exact) mass is 266 g/mol. The van der Waals surface area contributed by atoms with Crippen molar-refractivity contribution >= 4 is 11.6 Å². The zero-order valence-corrected chi connectivity index (χ0v) is 12.1. The third-order valence-corrected chi connectivity index (χ3v) is 4.06.